The van der Waals surface area contributed by atoms with Crippen molar-refractivity contribution in [1.82, 2.24) is 0 Å². The smallest absolute Gasteiger partial charge is 0.353 e. The van der Waals surface area contributed by atoms with Crippen LogP contribution in [-0.2, 0) is 10.4 Å². The second-order valence-corrected chi connectivity index (χ2v) is 8.66. The molecule has 0 atom stereocenters. The van der Waals surface area contributed by atoms with E-state index in [1.54, 1.807) is 0 Å². The Labute approximate surface area is 212 Å². The van der Waals surface area contributed by atoms with Gasteiger partial charge in [0.25, 0.3) is 0 Å². The number of benzene rings is 4. The highest BCUT2D eigenvalue weighted by atomic mass is 32.3. The van der Waals surface area contributed by atoms with E-state index in [9.17, 15) is 52.3 Å². The standard InChI is InChI=1S/C24H8F10O4S/c25-15-13(16(26)20(30)23(33)19(15)29)9-1-5-11(6-2-9)37-39(35,36)38-12-7-3-10(4-8-12)14-17(27)21(31)24(34)22(32)18(14)28/h1-8H. The molecule has 4 rings (SSSR count). The van der Waals surface area contributed by atoms with Crippen LogP contribution in [-0.4, -0.2) is 8.42 Å². The van der Waals surface area contributed by atoms with Crippen LogP contribution in [0.1, 0.15) is 0 Å². The summed E-state index contributed by atoms with van der Waals surface area (Å²) in [5, 5.41) is 0. The van der Waals surface area contributed by atoms with Crippen molar-refractivity contribution in [2.75, 3.05) is 0 Å². The van der Waals surface area contributed by atoms with Crippen LogP contribution in [0.25, 0.3) is 22.3 Å². The Kier molecular flexibility index (Phi) is 7.21. The number of halogens is 10. The molecule has 0 aliphatic heterocycles. The summed E-state index contributed by atoms with van der Waals surface area (Å²) in [4.78, 5) is 0. The fourth-order valence-electron chi connectivity index (χ4n) is 3.32. The largest absolute Gasteiger partial charge is 0.500 e. The van der Waals surface area contributed by atoms with Crippen molar-refractivity contribution in [1.29, 1.82) is 0 Å². The minimum atomic E-state index is -4.95. The summed E-state index contributed by atoms with van der Waals surface area (Å²) in [6.07, 6.45) is 0. The Morgan fingerprint density at radius 1 is 0.385 bits per heavy atom. The van der Waals surface area contributed by atoms with Gasteiger partial charge in [-0.2, -0.15) is 0 Å². The molecule has 0 bridgehead atoms. The molecule has 39 heavy (non-hydrogen) atoms. The Morgan fingerprint density at radius 3 is 0.872 bits per heavy atom. The van der Waals surface area contributed by atoms with Crippen molar-refractivity contribution in [2.24, 2.45) is 0 Å². The van der Waals surface area contributed by atoms with Gasteiger partial charge in [-0.1, -0.05) is 24.3 Å². The van der Waals surface area contributed by atoms with Crippen LogP contribution in [0.2, 0.25) is 0 Å². The van der Waals surface area contributed by atoms with Gasteiger partial charge in [-0.25, -0.2) is 43.9 Å². The highest BCUT2D eigenvalue weighted by Gasteiger charge is 2.28. The van der Waals surface area contributed by atoms with Gasteiger partial charge >= 0.3 is 10.4 Å². The molecule has 4 aromatic carbocycles. The molecule has 0 saturated heterocycles. The topological polar surface area (TPSA) is 52.6 Å². The maximum Gasteiger partial charge on any atom is 0.500 e. The summed E-state index contributed by atoms with van der Waals surface area (Å²) in [7, 11) is -4.95. The molecule has 4 nitrogen and oxygen atoms in total. The summed E-state index contributed by atoms with van der Waals surface area (Å²) < 4.78 is 170. The minimum Gasteiger partial charge on any atom is -0.353 e. The molecule has 0 aliphatic carbocycles. The molecular weight excluding hydrogens is 574 g/mol. The van der Waals surface area contributed by atoms with Crippen LogP contribution in [0.4, 0.5) is 43.9 Å². The zero-order valence-corrected chi connectivity index (χ0v) is 19.3. The first kappa shape index (κ1) is 27.8. The zero-order valence-electron chi connectivity index (χ0n) is 18.4. The van der Waals surface area contributed by atoms with Gasteiger partial charge in [0.05, 0.1) is 11.1 Å². The fraction of sp³-hybridized carbons (Fsp3) is 0. The summed E-state index contributed by atoms with van der Waals surface area (Å²) in [5.41, 5.74) is -3.58. The second kappa shape index (κ2) is 10.1. The molecule has 0 radical (unpaired) electrons. The van der Waals surface area contributed by atoms with Crippen LogP contribution in [0, 0.1) is 58.2 Å². The molecule has 0 aromatic heterocycles. The van der Waals surface area contributed by atoms with E-state index in [1.165, 1.54) is 0 Å². The first-order chi connectivity index (χ1) is 18.2. The minimum absolute atomic E-state index is 0.516. The third-order valence-corrected chi connectivity index (χ3v) is 5.90. The molecule has 0 spiro atoms. The Morgan fingerprint density at radius 2 is 0.615 bits per heavy atom. The summed E-state index contributed by atoms with van der Waals surface area (Å²) >= 11 is 0. The molecule has 0 unspecified atom stereocenters. The van der Waals surface area contributed by atoms with Crippen molar-refractivity contribution >= 4 is 10.4 Å². The first-order valence-corrected chi connectivity index (χ1v) is 11.4. The molecule has 0 N–H and O–H groups in total. The lowest BCUT2D eigenvalue weighted by molar-refractivity contribution is 0.381. The molecule has 204 valence electrons. The van der Waals surface area contributed by atoms with Crippen molar-refractivity contribution in [3.8, 4) is 33.8 Å². The average molecular weight is 582 g/mol. The lowest BCUT2D eigenvalue weighted by Gasteiger charge is -2.11. The van der Waals surface area contributed by atoms with Crippen LogP contribution in [0.3, 0.4) is 0 Å². The molecule has 4 aromatic rings. The summed E-state index contributed by atoms with van der Waals surface area (Å²) in [6, 6.07) is 6.40. The van der Waals surface area contributed by atoms with E-state index in [2.05, 4.69) is 8.37 Å². The fourth-order valence-corrected chi connectivity index (χ4v) is 4.05. The van der Waals surface area contributed by atoms with E-state index in [0.29, 0.717) is 0 Å². The van der Waals surface area contributed by atoms with Gasteiger partial charge in [-0.15, -0.1) is 8.42 Å². The molecular formula is C24H8F10O4S. The van der Waals surface area contributed by atoms with E-state index in [4.69, 9.17) is 0 Å². The molecule has 15 heteroatoms. The highest BCUT2D eigenvalue weighted by Crippen LogP contribution is 2.34. The molecule has 0 heterocycles. The number of rotatable bonds is 6. The number of hydrogen-bond donors (Lipinski definition) is 0. The van der Waals surface area contributed by atoms with E-state index < -0.39 is 102 Å². The van der Waals surface area contributed by atoms with E-state index in [0.717, 1.165) is 48.5 Å². The van der Waals surface area contributed by atoms with Gasteiger partial charge < -0.3 is 8.37 Å². The maximum atomic E-state index is 14.0. The van der Waals surface area contributed by atoms with E-state index in [1.807, 2.05) is 0 Å². The van der Waals surface area contributed by atoms with Gasteiger partial charge in [-0.05, 0) is 35.4 Å². The third kappa shape index (κ3) is 5.08. The highest BCUT2D eigenvalue weighted by molar-refractivity contribution is 7.82. The van der Waals surface area contributed by atoms with Gasteiger partial charge in [0.15, 0.2) is 46.5 Å². The van der Waals surface area contributed by atoms with Gasteiger partial charge in [0, 0.05) is 0 Å². The monoisotopic (exact) mass is 582 g/mol. The van der Waals surface area contributed by atoms with Crippen LogP contribution < -0.4 is 8.37 Å². The predicted molar refractivity (Wildman–Crippen MR) is 114 cm³/mol. The van der Waals surface area contributed by atoms with Crippen LogP contribution in [0.5, 0.6) is 11.5 Å². The molecule has 0 amide bonds. The zero-order chi connectivity index (χ0) is 28.8. The van der Waals surface area contributed by atoms with Gasteiger partial charge in [-0.3, -0.25) is 0 Å². The van der Waals surface area contributed by atoms with Crippen molar-refractivity contribution in [3.05, 3.63) is 107 Å². The SMILES string of the molecule is O=S(=O)(Oc1ccc(-c2c(F)c(F)c(F)c(F)c2F)cc1)Oc1ccc(-c2c(F)c(F)c(F)c(F)c2F)cc1. The Balaban J connectivity index is 1.54. The number of hydrogen-bond acceptors (Lipinski definition) is 4. The summed E-state index contributed by atoms with van der Waals surface area (Å²) in [5.74, 6) is -23.0. The molecule has 0 saturated carbocycles. The maximum absolute atomic E-state index is 14.0. The van der Waals surface area contributed by atoms with E-state index in [-0.39, 0.29) is 0 Å². The lowest BCUT2D eigenvalue weighted by atomic mass is 10.0. The van der Waals surface area contributed by atoms with Crippen LogP contribution >= 0.6 is 0 Å². The van der Waals surface area contributed by atoms with Crippen molar-refractivity contribution in [3.63, 3.8) is 0 Å². The third-order valence-electron chi connectivity index (χ3n) is 5.10. The quantitative estimate of drug-likeness (QED) is 0.138. The lowest BCUT2D eigenvalue weighted by Crippen LogP contribution is -2.16. The van der Waals surface area contributed by atoms with Gasteiger partial charge in [0.2, 0.25) is 11.6 Å². The predicted octanol–water partition coefficient (Wildman–Crippen LogP) is 7.11. The van der Waals surface area contributed by atoms with Crippen molar-refractivity contribution in [2.45, 2.75) is 0 Å². The summed E-state index contributed by atoms with van der Waals surface area (Å²) in [6.45, 7) is 0. The normalized spacial score (nSPS) is 11.5. The molecule has 0 fully saturated rings. The van der Waals surface area contributed by atoms with Crippen LogP contribution in [0.15, 0.2) is 48.5 Å². The Bertz CT molecular complexity index is 1530. The van der Waals surface area contributed by atoms with Gasteiger partial charge in [0.1, 0.15) is 11.5 Å². The first-order valence-electron chi connectivity index (χ1n) is 10.1. The van der Waals surface area contributed by atoms with Crippen molar-refractivity contribution < 1.29 is 60.7 Å². The molecule has 0 aliphatic rings. The Hall–Kier alpha value is -4.27. The second-order valence-electron chi connectivity index (χ2n) is 7.51. The average Bonchev–Trinajstić information content (AvgIpc) is 2.90. The van der Waals surface area contributed by atoms with E-state index >= 15 is 0 Å².